The first-order valence-electron chi connectivity index (χ1n) is 14.0. The molecular formula is C32H35ClO6. The van der Waals surface area contributed by atoms with Crippen LogP contribution < -0.4 is 0 Å². The van der Waals surface area contributed by atoms with Crippen LogP contribution in [0, 0.1) is 5.92 Å². The zero-order valence-corrected chi connectivity index (χ0v) is 22.9. The minimum absolute atomic E-state index is 0.0905. The van der Waals surface area contributed by atoms with Gasteiger partial charge in [0.2, 0.25) is 5.78 Å². The zero-order valence-electron chi connectivity index (χ0n) is 22.1. The number of ketones is 2. The van der Waals surface area contributed by atoms with E-state index in [1.807, 2.05) is 24.3 Å². The number of benzene rings is 2. The fourth-order valence-electron chi connectivity index (χ4n) is 5.71. The van der Waals surface area contributed by atoms with Crippen LogP contribution in [0.3, 0.4) is 0 Å². The van der Waals surface area contributed by atoms with Crippen molar-refractivity contribution in [1.29, 1.82) is 0 Å². The number of allylic oxidation sites excluding steroid dienone is 2. The maximum Gasteiger partial charge on any atom is 0.311 e. The van der Waals surface area contributed by atoms with E-state index in [0.29, 0.717) is 34.9 Å². The molecule has 1 fully saturated rings. The number of carbonyl (C=O) groups is 4. The molecule has 0 saturated heterocycles. The highest BCUT2D eigenvalue weighted by molar-refractivity contribution is 6.30. The van der Waals surface area contributed by atoms with Crippen molar-refractivity contribution < 1.29 is 29.0 Å². The lowest BCUT2D eigenvalue weighted by molar-refractivity contribution is -0.139. The van der Waals surface area contributed by atoms with Crippen molar-refractivity contribution in [3.63, 3.8) is 0 Å². The van der Waals surface area contributed by atoms with Crippen LogP contribution in [0.4, 0.5) is 0 Å². The number of carboxylic acid groups (broad SMARTS) is 1. The van der Waals surface area contributed by atoms with Crippen LogP contribution >= 0.6 is 11.6 Å². The number of ether oxygens (including phenoxy) is 1. The monoisotopic (exact) mass is 550 g/mol. The highest BCUT2D eigenvalue weighted by Crippen LogP contribution is 2.42. The number of hydrogen-bond donors (Lipinski definition) is 1. The van der Waals surface area contributed by atoms with Crippen LogP contribution in [0.1, 0.15) is 109 Å². The first-order chi connectivity index (χ1) is 18.8. The van der Waals surface area contributed by atoms with E-state index in [4.69, 9.17) is 21.4 Å². The van der Waals surface area contributed by atoms with Crippen LogP contribution in [0.25, 0.3) is 0 Å². The lowest BCUT2D eigenvalue weighted by Crippen LogP contribution is -2.30. The molecule has 7 heteroatoms. The quantitative estimate of drug-likeness (QED) is 0.215. The molecule has 0 heterocycles. The number of hydrogen-bond acceptors (Lipinski definition) is 5. The Kier molecular flexibility index (Phi) is 10.1. The van der Waals surface area contributed by atoms with Crippen molar-refractivity contribution in [2.24, 2.45) is 5.92 Å². The third kappa shape index (κ3) is 7.45. The molecule has 0 atom stereocenters. The molecule has 39 heavy (non-hydrogen) atoms. The molecule has 0 aromatic heterocycles. The van der Waals surface area contributed by atoms with E-state index in [9.17, 15) is 19.2 Å². The number of rotatable bonds is 12. The second kappa shape index (κ2) is 13.7. The van der Waals surface area contributed by atoms with Gasteiger partial charge in [-0.2, -0.15) is 0 Å². The Hall–Kier alpha value is -3.25. The van der Waals surface area contributed by atoms with Gasteiger partial charge < -0.3 is 9.84 Å². The average molecular weight is 551 g/mol. The van der Waals surface area contributed by atoms with Crippen molar-refractivity contribution in [1.82, 2.24) is 0 Å². The fraction of sp³-hybridized carbons (Fsp3) is 0.438. The highest BCUT2D eigenvalue weighted by atomic mass is 35.5. The van der Waals surface area contributed by atoms with E-state index in [0.717, 1.165) is 51.4 Å². The summed E-state index contributed by atoms with van der Waals surface area (Å²) in [5.41, 5.74) is 2.22. The van der Waals surface area contributed by atoms with Crippen molar-refractivity contribution in [2.75, 3.05) is 0 Å². The average Bonchev–Trinajstić information content (AvgIpc) is 2.93. The Bertz CT molecular complexity index is 1240. The summed E-state index contributed by atoms with van der Waals surface area (Å²) in [6.45, 7) is 0. The summed E-state index contributed by atoms with van der Waals surface area (Å²) in [7, 11) is 0. The van der Waals surface area contributed by atoms with Gasteiger partial charge in [0.25, 0.3) is 0 Å². The molecule has 4 rings (SSSR count). The third-order valence-electron chi connectivity index (χ3n) is 7.83. The van der Waals surface area contributed by atoms with Crippen molar-refractivity contribution >= 4 is 35.1 Å². The summed E-state index contributed by atoms with van der Waals surface area (Å²) >= 11 is 6.04. The molecule has 1 N–H and O–H groups in total. The Morgan fingerprint density at radius 3 is 1.90 bits per heavy atom. The first kappa shape index (κ1) is 28.8. The van der Waals surface area contributed by atoms with E-state index in [1.165, 1.54) is 5.56 Å². The molecule has 6 nitrogen and oxygen atoms in total. The summed E-state index contributed by atoms with van der Waals surface area (Å²) < 4.78 is 5.68. The van der Waals surface area contributed by atoms with Gasteiger partial charge in [0, 0.05) is 29.0 Å². The van der Waals surface area contributed by atoms with Gasteiger partial charge in [0.05, 0.1) is 5.57 Å². The van der Waals surface area contributed by atoms with Crippen LogP contribution in [-0.4, -0.2) is 28.6 Å². The van der Waals surface area contributed by atoms with E-state index < -0.39 is 17.7 Å². The smallest absolute Gasteiger partial charge is 0.311 e. The van der Waals surface area contributed by atoms with Crippen LogP contribution in [0.5, 0.6) is 0 Å². The summed E-state index contributed by atoms with van der Waals surface area (Å²) in [6.07, 6.45) is 8.31. The van der Waals surface area contributed by atoms with Gasteiger partial charge in [-0.05, 0) is 68.1 Å². The molecular weight excluding hydrogens is 516 g/mol. The summed E-state index contributed by atoms with van der Waals surface area (Å²) in [5, 5.41) is 9.40. The first-order valence-corrected chi connectivity index (χ1v) is 14.3. The SMILES string of the molecule is O=C(O)CCCCCCCCC(=O)OC1=C(C2CCC(c3ccc(Cl)cc3)CC2)C(=O)c2ccccc2C1=O. The largest absolute Gasteiger partial charge is 0.481 e. The van der Waals surface area contributed by atoms with Crippen molar-refractivity contribution in [3.05, 3.63) is 81.6 Å². The molecule has 206 valence electrons. The molecule has 0 aliphatic heterocycles. The maximum atomic E-state index is 13.6. The minimum Gasteiger partial charge on any atom is -0.481 e. The van der Waals surface area contributed by atoms with E-state index in [1.54, 1.807) is 24.3 Å². The number of aliphatic carboxylic acids is 1. The molecule has 0 bridgehead atoms. The van der Waals surface area contributed by atoms with E-state index >= 15 is 0 Å². The number of carbonyl (C=O) groups excluding carboxylic acids is 3. The lowest BCUT2D eigenvalue weighted by atomic mass is 9.72. The van der Waals surface area contributed by atoms with Gasteiger partial charge in [-0.1, -0.05) is 73.7 Å². The van der Waals surface area contributed by atoms with E-state index in [-0.39, 0.29) is 35.9 Å². The second-order valence-electron chi connectivity index (χ2n) is 10.5. The number of esters is 1. The predicted molar refractivity (Wildman–Crippen MR) is 149 cm³/mol. The Labute approximate surface area is 234 Å². The maximum absolute atomic E-state index is 13.6. The van der Waals surface area contributed by atoms with E-state index in [2.05, 4.69) is 0 Å². The van der Waals surface area contributed by atoms with Gasteiger partial charge in [0.1, 0.15) is 0 Å². The fourth-order valence-corrected chi connectivity index (χ4v) is 5.84. The molecule has 2 aliphatic rings. The van der Waals surface area contributed by atoms with Gasteiger partial charge in [-0.3, -0.25) is 19.2 Å². The summed E-state index contributed by atoms with van der Waals surface area (Å²) in [5.74, 6) is -1.77. The molecule has 1 saturated carbocycles. The number of halogens is 1. The third-order valence-corrected chi connectivity index (χ3v) is 8.08. The number of Topliss-reactive ketones (excluding diaryl/α,β-unsaturated/α-hetero) is 2. The Morgan fingerprint density at radius 1 is 0.744 bits per heavy atom. The van der Waals surface area contributed by atoms with Gasteiger partial charge >= 0.3 is 11.9 Å². The van der Waals surface area contributed by atoms with Crippen LogP contribution in [0.2, 0.25) is 5.02 Å². The van der Waals surface area contributed by atoms with Crippen LogP contribution in [0.15, 0.2) is 59.9 Å². The highest BCUT2D eigenvalue weighted by Gasteiger charge is 2.39. The summed E-state index contributed by atoms with van der Waals surface area (Å²) in [4.78, 5) is 50.4. The number of fused-ring (bicyclic) bond motifs is 1. The molecule has 0 amide bonds. The van der Waals surface area contributed by atoms with Gasteiger partial charge in [0.15, 0.2) is 11.5 Å². The van der Waals surface area contributed by atoms with Crippen LogP contribution in [-0.2, 0) is 14.3 Å². The van der Waals surface area contributed by atoms with Gasteiger partial charge in [-0.15, -0.1) is 0 Å². The molecule has 0 radical (unpaired) electrons. The Morgan fingerprint density at radius 2 is 1.28 bits per heavy atom. The molecule has 2 aliphatic carbocycles. The number of unbranched alkanes of at least 4 members (excludes halogenated alkanes) is 5. The standard InChI is InChI=1S/C32H35ClO6/c33-24-19-17-22(18-20-24)21-13-15-23(16-14-21)29-30(37)25-9-7-8-10-26(25)31(38)32(29)39-28(36)12-6-4-2-1-3-5-11-27(34)35/h7-10,17-21,23H,1-6,11-16H2,(H,34,35). The summed E-state index contributed by atoms with van der Waals surface area (Å²) in [6, 6.07) is 14.6. The molecule has 0 spiro atoms. The number of carboxylic acids is 1. The predicted octanol–water partition coefficient (Wildman–Crippen LogP) is 7.70. The molecule has 0 unspecified atom stereocenters. The topological polar surface area (TPSA) is 97.7 Å². The Balaban J connectivity index is 1.41. The van der Waals surface area contributed by atoms with Crippen molar-refractivity contribution in [2.45, 2.75) is 83.0 Å². The molecule has 2 aromatic rings. The second-order valence-corrected chi connectivity index (χ2v) is 11.0. The zero-order chi connectivity index (χ0) is 27.8. The van der Waals surface area contributed by atoms with Gasteiger partial charge in [-0.25, -0.2) is 0 Å². The minimum atomic E-state index is -0.778. The molecule has 2 aromatic carbocycles. The lowest BCUT2D eigenvalue weighted by Gasteiger charge is -2.32. The normalized spacial score (nSPS) is 19.1. The van der Waals surface area contributed by atoms with Crippen molar-refractivity contribution in [3.8, 4) is 0 Å².